The van der Waals surface area contributed by atoms with Crippen molar-refractivity contribution >= 4 is 12.1 Å². The Morgan fingerprint density at radius 3 is 2.36 bits per heavy atom. The van der Waals surface area contributed by atoms with Gasteiger partial charge in [0.2, 0.25) is 0 Å². The molecular weight excluding hydrogens is 322 g/mol. The number of ether oxygens (including phenoxy) is 1. The molecule has 0 aliphatic rings. The molecule has 7 nitrogen and oxygen atoms in total. The maximum absolute atomic E-state index is 12.1. The lowest BCUT2D eigenvalue weighted by atomic mass is 10.0. The fourth-order valence-corrected chi connectivity index (χ4v) is 2.29. The van der Waals surface area contributed by atoms with Gasteiger partial charge in [0.05, 0.1) is 18.7 Å². The zero-order chi connectivity index (χ0) is 19.0. The highest BCUT2D eigenvalue weighted by Crippen LogP contribution is 2.11. The van der Waals surface area contributed by atoms with Gasteiger partial charge in [-0.25, -0.2) is 9.59 Å². The summed E-state index contributed by atoms with van der Waals surface area (Å²) in [6, 6.07) is 8.61. The molecule has 0 spiro atoms. The maximum Gasteiger partial charge on any atom is 0.407 e. The van der Waals surface area contributed by atoms with E-state index in [4.69, 9.17) is 4.74 Å². The summed E-state index contributed by atoms with van der Waals surface area (Å²) in [4.78, 5) is 25.1. The van der Waals surface area contributed by atoms with Gasteiger partial charge in [0.1, 0.15) is 5.60 Å². The van der Waals surface area contributed by atoms with Gasteiger partial charge in [-0.15, -0.1) is 0 Å². The van der Waals surface area contributed by atoms with Crippen LogP contribution in [0.1, 0.15) is 26.3 Å². The van der Waals surface area contributed by atoms with E-state index < -0.39 is 23.8 Å². The van der Waals surface area contributed by atoms with E-state index >= 15 is 0 Å². The lowest BCUT2D eigenvalue weighted by Crippen LogP contribution is -2.51. The van der Waals surface area contributed by atoms with Crippen LogP contribution in [0.3, 0.4) is 0 Å². The van der Waals surface area contributed by atoms with Gasteiger partial charge in [-0.3, -0.25) is 0 Å². The van der Waals surface area contributed by atoms with Crippen LogP contribution in [0, 0.1) is 0 Å². The number of rotatable bonds is 6. The van der Waals surface area contributed by atoms with E-state index in [9.17, 15) is 14.7 Å². The Bertz CT molecular complexity index is 557. The molecule has 0 fully saturated rings. The first-order valence-electron chi connectivity index (χ1n) is 8.26. The molecule has 25 heavy (non-hydrogen) atoms. The molecule has 140 valence electrons. The lowest BCUT2D eigenvalue weighted by molar-refractivity contribution is 0.0396. The molecule has 0 saturated carbocycles. The summed E-state index contributed by atoms with van der Waals surface area (Å²) >= 11 is 0. The lowest BCUT2D eigenvalue weighted by Gasteiger charge is -2.29. The summed E-state index contributed by atoms with van der Waals surface area (Å²) in [5, 5.41) is 15.7. The molecule has 7 heteroatoms. The van der Waals surface area contributed by atoms with E-state index in [1.54, 1.807) is 27.8 Å². The fourth-order valence-electron chi connectivity index (χ4n) is 2.29. The molecule has 1 aromatic rings. The second-order valence-corrected chi connectivity index (χ2v) is 6.95. The molecule has 2 atom stereocenters. The Balaban J connectivity index is 2.82. The van der Waals surface area contributed by atoms with Crippen molar-refractivity contribution in [3.05, 3.63) is 35.9 Å². The van der Waals surface area contributed by atoms with Crippen LogP contribution in [0.25, 0.3) is 0 Å². The minimum atomic E-state index is -0.949. The summed E-state index contributed by atoms with van der Waals surface area (Å²) in [5.41, 5.74) is 0.329. The standard InChI is InChI=1S/C18H29N3O4/c1-18(2,3)25-17(24)20-14(11-13-9-7-6-8-10-13)15(22)12-21(5)16(23)19-4/h6-10,14-15,22H,11-12H2,1-5H3,(H,19,23)(H,20,24)/t14-,15-/m0/s1. The van der Waals surface area contributed by atoms with Crippen LogP contribution >= 0.6 is 0 Å². The van der Waals surface area contributed by atoms with Crippen molar-refractivity contribution < 1.29 is 19.4 Å². The van der Waals surface area contributed by atoms with Crippen molar-refractivity contribution in [3.63, 3.8) is 0 Å². The summed E-state index contributed by atoms with van der Waals surface area (Å²) < 4.78 is 5.28. The molecule has 0 aliphatic carbocycles. The zero-order valence-corrected chi connectivity index (χ0v) is 15.6. The highest BCUT2D eigenvalue weighted by molar-refractivity contribution is 5.73. The molecule has 1 rings (SSSR count). The topological polar surface area (TPSA) is 90.9 Å². The third-order valence-electron chi connectivity index (χ3n) is 3.49. The fraction of sp³-hybridized carbons (Fsp3) is 0.556. The summed E-state index contributed by atoms with van der Waals surface area (Å²) in [6.45, 7) is 5.39. The van der Waals surface area contributed by atoms with Gasteiger partial charge in [0.15, 0.2) is 0 Å². The van der Waals surface area contributed by atoms with E-state index in [-0.39, 0.29) is 12.6 Å². The summed E-state index contributed by atoms with van der Waals surface area (Å²) in [5.74, 6) is 0. The number of nitrogens with one attached hydrogen (secondary N) is 2. The minimum Gasteiger partial charge on any atom is -0.444 e. The van der Waals surface area contributed by atoms with Crippen LogP contribution in [-0.2, 0) is 11.2 Å². The van der Waals surface area contributed by atoms with Crippen LogP contribution in [0.15, 0.2) is 30.3 Å². The van der Waals surface area contributed by atoms with Crippen molar-refractivity contribution in [2.24, 2.45) is 0 Å². The Labute approximate surface area is 149 Å². The number of amides is 3. The minimum absolute atomic E-state index is 0.0764. The van der Waals surface area contributed by atoms with Gasteiger partial charge in [-0.2, -0.15) is 0 Å². The van der Waals surface area contributed by atoms with Crippen molar-refractivity contribution in [1.82, 2.24) is 15.5 Å². The molecular formula is C18H29N3O4. The number of aliphatic hydroxyl groups excluding tert-OH is 1. The van der Waals surface area contributed by atoms with E-state index in [0.717, 1.165) is 5.56 Å². The van der Waals surface area contributed by atoms with Crippen LogP contribution in [0.4, 0.5) is 9.59 Å². The second-order valence-electron chi connectivity index (χ2n) is 6.95. The van der Waals surface area contributed by atoms with Crippen molar-refractivity contribution in [2.45, 2.75) is 44.9 Å². The molecule has 0 aromatic heterocycles. The molecule has 3 amide bonds. The number of aliphatic hydroxyl groups is 1. The molecule has 0 saturated heterocycles. The molecule has 0 heterocycles. The number of likely N-dealkylation sites (N-methyl/N-ethyl adjacent to an activating group) is 1. The molecule has 0 bridgehead atoms. The highest BCUT2D eigenvalue weighted by atomic mass is 16.6. The third-order valence-corrected chi connectivity index (χ3v) is 3.49. The number of hydrogen-bond acceptors (Lipinski definition) is 4. The third kappa shape index (κ3) is 7.89. The van der Waals surface area contributed by atoms with E-state index in [2.05, 4.69) is 10.6 Å². The van der Waals surface area contributed by atoms with Gasteiger partial charge < -0.3 is 25.4 Å². The van der Waals surface area contributed by atoms with Crippen LogP contribution < -0.4 is 10.6 Å². The normalized spacial score (nSPS) is 13.5. The largest absolute Gasteiger partial charge is 0.444 e. The number of alkyl carbamates (subject to hydrolysis) is 1. The summed E-state index contributed by atoms with van der Waals surface area (Å²) in [6.07, 6.45) is -1.13. The Kier molecular flexibility index (Phi) is 7.70. The Morgan fingerprint density at radius 1 is 1.24 bits per heavy atom. The Hall–Kier alpha value is -2.28. The van der Waals surface area contributed by atoms with Crippen molar-refractivity contribution in [3.8, 4) is 0 Å². The average Bonchev–Trinajstić information content (AvgIpc) is 2.52. The first-order valence-corrected chi connectivity index (χ1v) is 8.26. The number of benzene rings is 1. The smallest absolute Gasteiger partial charge is 0.407 e. The number of carbonyl (C=O) groups excluding carboxylic acids is 2. The molecule has 0 aliphatic heterocycles. The predicted molar refractivity (Wildman–Crippen MR) is 96.4 cm³/mol. The average molecular weight is 351 g/mol. The highest BCUT2D eigenvalue weighted by Gasteiger charge is 2.26. The summed E-state index contributed by atoms with van der Waals surface area (Å²) in [7, 11) is 3.10. The first kappa shape index (κ1) is 20.8. The Morgan fingerprint density at radius 2 is 1.84 bits per heavy atom. The first-order chi connectivity index (χ1) is 11.6. The number of nitrogens with zero attached hydrogens (tertiary/aromatic N) is 1. The van der Waals surface area contributed by atoms with Crippen molar-refractivity contribution in [1.29, 1.82) is 0 Å². The van der Waals surface area contributed by atoms with E-state index in [0.29, 0.717) is 6.42 Å². The van der Waals surface area contributed by atoms with E-state index in [1.807, 2.05) is 30.3 Å². The van der Waals surface area contributed by atoms with Crippen LogP contribution in [-0.4, -0.2) is 60.5 Å². The zero-order valence-electron chi connectivity index (χ0n) is 15.6. The number of hydrogen-bond donors (Lipinski definition) is 3. The van der Waals surface area contributed by atoms with Gasteiger partial charge in [-0.1, -0.05) is 30.3 Å². The van der Waals surface area contributed by atoms with Crippen molar-refractivity contribution in [2.75, 3.05) is 20.6 Å². The van der Waals surface area contributed by atoms with Crippen LogP contribution in [0.5, 0.6) is 0 Å². The second kappa shape index (κ2) is 9.27. The maximum atomic E-state index is 12.1. The molecule has 0 unspecified atom stereocenters. The molecule has 0 radical (unpaired) electrons. The van der Waals surface area contributed by atoms with Gasteiger partial charge in [0, 0.05) is 14.1 Å². The molecule has 1 aromatic carbocycles. The van der Waals surface area contributed by atoms with Gasteiger partial charge in [0.25, 0.3) is 0 Å². The number of carbonyl (C=O) groups is 2. The van der Waals surface area contributed by atoms with E-state index in [1.165, 1.54) is 11.9 Å². The van der Waals surface area contributed by atoms with Gasteiger partial charge >= 0.3 is 12.1 Å². The number of urea groups is 1. The van der Waals surface area contributed by atoms with Crippen LogP contribution in [0.2, 0.25) is 0 Å². The molecule has 3 N–H and O–H groups in total. The quantitative estimate of drug-likeness (QED) is 0.728. The monoisotopic (exact) mass is 351 g/mol. The van der Waals surface area contributed by atoms with Gasteiger partial charge in [-0.05, 0) is 32.8 Å². The predicted octanol–water partition coefficient (Wildman–Crippen LogP) is 1.75. The SMILES string of the molecule is CNC(=O)N(C)C[C@H](O)[C@H](Cc1ccccc1)NC(=O)OC(C)(C)C.